The zero-order chi connectivity index (χ0) is 13.0. The normalized spacial score (nSPS) is 33.4. The van der Waals surface area contributed by atoms with Gasteiger partial charge in [0.05, 0.1) is 6.61 Å². The zero-order valence-electron chi connectivity index (χ0n) is 11.7. The van der Waals surface area contributed by atoms with Gasteiger partial charge in [-0.15, -0.1) is 0 Å². The number of rotatable bonds is 3. The van der Waals surface area contributed by atoms with Gasteiger partial charge >= 0.3 is 0 Å². The zero-order valence-corrected chi connectivity index (χ0v) is 11.7. The van der Waals surface area contributed by atoms with Crippen molar-refractivity contribution in [3.05, 3.63) is 0 Å². The van der Waals surface area contributed by atoms with Gasteiger partial charge in [-0.3, -0.25) is 4.79 Å². The van der Waals surface area contributed by atoms with E-state index in [9.17, 15) is 4.79 Å². The van der Waals surface area contributed by atoms with Gasteiger partial charge < -0.3 is 15.0 Å². The number of carbonyl (C=O) groups is 1. The molecule has 4 heteroatoms. The fraction of sp³-hybridized carbons (Fsp3) is 0.929. The Morgan fingerprint density at radius 1 is 1.50 bits per heavy atom. The van der Waals surface area contributed by atoms with Crippen LogP contribution in [0.5, 0.6) is 0 Å². The van der Waals surface area contributed by atoms with Crippen LogP contribution >= 0.6 is 0 Å². The minimum Gasteiger partial charge on any atom is -0.366 e. The van der Waals surface area contributed by atoms with E-state index in [0.29, 0.717) is 25.1 Å². The molecule has 0 radical (unpaired) electrons. The third kappa shape index (κ3) is 3.04. The first kappa shape index (κ1) is 13.8. The molecule has 0 aromatic rings. The quantitative estimate of drug-likeness (QED) is 0.828. The van der Waals surface area contributed by atoms with Crippen molar-refractivity contribution in [3.8, 4) is 0 Å². The number of hydrogen-bond acceptors (Lipinski definition) is 3. The van der Waals surface area contributed by atoms with Gasteiger partial charge in [0, 0.05) is 25.7 Å². The second-order valence-electron chi connectivity index (χ2n) is 5.57. The molecule has 0 aliphatic carbocycles. The maximum atomic E-state index is 12.5. The number of nitrogens with one attached hydrogen (secondary N) is 1. The van der Waals surface area contributed by atoms with Crippen LogP contribution in [0.4, 0.5) is 0 Å². The van der Waals surface area contributed by atoms with E-state index in [2.05, 4.69) is 24.1 Å². The molecular weight excluding hydrogens is 228 g/mol. The molecule has 1 N–H and O–H groups in total. The number of ether oxygens (including phenoxy) is 1. The van der Waals surface area contributed by atoms with Gasteiger partial charge in [-0.2, -0.15) is 0 Å². The van der Waals surface area contributed by atoms with E-state index in [1.807, 2.05) is 0 Å². The largest absolute Gasteiger partial charge is 0.366 e. The van der Waals surface area contributed by atoms with Crippen molar-refractivity contribution in [1.29, 1.82) is 0 Å². The Kier molecular flexibility index (Phi) is 5.01. The minimum absolute atomic E-state index is 0.201. The van der Waals surface area contributed by atoms with Crippen molar-refractivity contribution in [2.24, 2.45) is 5.92 Å². The smallest absolute Gasteiger partial charge is 0.253 e. The van der Waals surface area contributed by atoms with Crippen molar-refractivity contribution in [2.75, 3.05) is 26.2 Å². The van der Waals surface area contributed by atoms with Crippen molar-refractivity contribution >= 4 is 5.91 Å². The number of morpholine rings is 1. The van der Waals surface area contributed by atoms with E-state index in [1.54, 1.807) is 0 Å². The summed E-state index contributed by atoms with van der Waals surface area (Å²) < 4.78 is 5.60. The molecule has 3 unspecified atom stereocenters. The van der Waals surface area contributed by atoms with E-state index in [4.69, 9.17) is 4.74 Å². The number of piperidine rings is 1. The Hall–Kier alpha value is -0.610. The molecule has 2 fully saturated rings. The Bertz CT molecular complexity index is 277. The summed E-state index contributed by atoms with van der Waals surface area (Å²) in [6.07, 6.45) is 4.38. The predicted octanol–water partition coefficient (Wildman–Crippen LogP) is 1.40. The van der Waals surface area contributed by atoms with Crippen LogP contribution in [0.1, 0.15) is 39.5 Å². The molecule has 3 atom stereocenters. The SMILES string of the molecule is CCCC1C(C)CCCN1C(=O)C1CNCCO1. The molecule has 4 nitrogen and oxygen atoms in total. The van der Waals surface area contributed by atoms with Crippen LogP contribution in [0.25, 0.3) is 0 Å². The summed E-state index contributed by atoms with van der Waals surface area (Å²) >= 11 is 0. The van der Waals surface area contributed by atoms with Crippen molar-refractivity contribution in [3.63, 3.8) is 0 Å². The fourth-order valence-corrected chi connectivity index (χ4v) is 3.17. The number of hydrogen-bond donors (Lipinski definition) is 1. The standard InChI is InChI=1S/C14H26N2O2/c1-3-5-12-11(2)6-4-8-16(12)14(17)13-10-15-7-9-18-13/h11-13,15H,3-10H2,1-2H3. The van der Waals surface area contributed by atoms with Gasteiger partial charge in [0.2, 0.25) is 0 Å². The average molecular weight is 254 g/mol. The summed E-state index contributed by atoms with van der Waals surface area (Å²) in [6.45, 7) is 7.56. The van der Waals surface area contributed by atoms with Gasteiger partial charge in [0.15, 0.2) is 0 Å². The van der Waals surface area contributed by atoms with Crippen molar-refractivity contribution in [2.45, 2.75) is 51.7 Å². The average Bonchev–Trinajstić information content (AvgIpc) is 2.41. The lowest BCUT2D eigenvalue weighted by Gasteiger charge is -2.42. The second-order valence-corrected chi connectivity index (χ2v) is 5.57. The fourth-order valence-electron chi connectivity index (χ4n) is 3.17. The Morgan fingerprint density at radius 3 is 3.00 bits per heavy atom. The molecule has 0 aromatic carbocycles. The summed E-state index contributed by atoms with van der Waals surface area (Å²) in [5, 5.41) is 3.24. The summed E-state index contributed by atoms with van der Waals surface area (Å²) in [5.74, 6) is 0.825. The van der Waals surface area contributed by atoms with Gasteiger partial charge in [0.25, 0.3) is 5.91 Å². The minimum atomic E-state index is -0.261. The molecule has 104 valence electrons. The Labute approximate surface area is 110 Å². The van der Waals surface area contributed by atoms with Crippen molar-refractivity contribution < 1.29 is 9.53 Å². The monoisotopic (exact) mass is 254 g/mol. The van der Waals surface area contributed by atoms with Gasteiger partial charge in [-0.05, 0) is 25.2 Å². The molecule has 0 aromatic heterocycles. The molecule has 0 spiro atoms. The van der Waals surface area contributed by atoms with Crippen LogP contribution in [0, 0.1) is 5.92 Å². The maximum Gasteiger partial charge on any atom is 0.253 e. The predicted molar refractivity (Wildman–Crippen MR) is 71.4 cm³/mol. The molecule has 0 bridgehead atoms. The van der Waals surface area contributed by atoms with E-state index in [-0.39, 0.29) is 12.0 Å². The first-order valence-corrected chi connectivity index (χ1v) is 7.36. The van der Waals surface area contributed by atoms with Crippen LogP contribution in [0.2, 0.25) is 0 Å². The van der Waals surface area contributed by atoms with Crippen LogP contribution in [-0.4, -0.2) is 49.2 Å². The van der Waals surface area contributed by atoms with Crippen LogP contribution in [0.3, 0.4) is 0 Å². The molecule has 1 amide bonds. The first-order valence-electron chi connectivity index (χ1n) is 7.36. The van der Waals surface area contributed by atoms with E-state index >= 15 is 0 Å². The molecule has 2 saturated heterocycles. The summed E-state index contributed by atoms with van der Waals surface area (Å²) in [5.41, 5.74) is 0. The molecule has 0 saturated carbocycles. The molecule has 2 rings (SSSR count). The highest BCUT2D eigenvalue weighted by Gasteiger charge is 2.35. The van der Waals surface area contributed by atoms with Crippen LogP contribution in [0.15, 0.2) is 0 Å². The van der Waals surface area contributed by atoms with E-state index in [1.165, 1.54) is 6.42 Å². The number of nitrogens with zero attached hydrogens (tertiary/aromatic N) is 1. The second kappa shape index (κ2) is 6.53. The van der Waals surface area contributed by atoms with Gasteiger partial charge in [0.1, 0.15) is 6.10 Å². The van der Waals surface area contributed by atoms with Crippen molar-refractivity contribution in [1.82, 2.24) is 10.2 Å². The Balaban J connectivity index is 2.01. The molecule has 2 heterocycles. The van der Waals surface area contributed by atoms with E-state index in [0.717, 1.165) is 32.4 Å². The highest BCUT2D eigenvalue weighted by molar-refractivity contribution is 5.81. The number of carbonyl (C=O) groups excluding carboxylic acids is 1. The molecule has 2 aliphatic heterocycles. The lowest BCUT2D eigenvalue weighted by atomic mass is 9.87. The maximum absolute atomic E-state index is 12.5. The third-order valence-electron chi connectivity index (χ3n) is 4.19. The van der Waals surface area contributed by atoms with Gasteiger partial charge in [-0.25, -0.2) is 0 Å². The lowest BCUT2D eigenvalue weighted by molar-refractivity contribution is -0.150. The molecular formula is C14H26N2O2. The summed E-state index contributed by atoms with van der Waals surface area (Å²) in [6, 6.07) is 0.418. The summed E-state index contributed by atoms with van der Waals surface area (Å²) in [7, 11) is 0. The lowest BCUT2D eigenvalue weighted by Crippen LogP contribution is -2.55. The first-order chi connectivity index (χ1) is 8.74. The van der Waals surface area contributed by atoms with Crippen LogP contribution in [-0.2, 0) is 9.53 Å². The van der Waals surface area contributed by atoms with E-state index < -0.39 is 0 Å². The Morgan fingerprint density at radius 2 is 2.33 bits per heavy atom. The number of amides is 1. The molecule has 18 heavy (non-hydrogen) atoms. The summed E-state index contributed by atoms with van der Waals surface area (Å²) in [4.78, 5) is 14.6. The highest BCUT2D eigenvalue weighted by atomic mass is 16.5. The number of likely N-dealkylation sites (tertiary alicyclic amines) is 1. The molecule has 2 aliphatic rings. The topological polar surface area (TPSA) is 41.6 Å². The van der Waals surface area contributed by atoms with Crippen LogP contribution < -0.4 is 5.32 Å². The van der Waals surface area contributed by atoms with Gasteiger partial charge in [-0.1, -0.05) is 20.3 Å². The highest BCUT2D eigenvalue weighted by Crippen LogP contribution is 2.27. The third-order valence-corrected chi connectivity index (χ3v) is 4.19.